The van der Waals surface area contributed by atoms with Crippen LogP contribution in [0.1, 0.15) is 26.5 Å². The number of carbonyl (C=O) groups is 1. The summed E-state index contributed by atoms with van der Waals surface area (Å²) in [5.41, 5.74) is 7.58. The lowest BCUT2D eigenvalue weighted by atomic mass is 10.1. The lowest BCUT2D eigenvalue weighted by molar-refractivity contribution is 0.0954. The van der Waals surface area contributed by atoms with Crippen LogP contribution in [0, 0.1) is 19.7 Å². The van der Waals surface area contributed by atoms with Gasteiger partial charge in [0.15, 0.2) is 5.13 Å². The van der Waals surface area contributed by atoms with E-state index in [1.807, 2.05) is 0 Å². The van der Waals surface area contributed by atoms with Crippen LogP contribution in [-0.4, -0.2) is 10.9 Å². The number of hydrogen-bond acceptors (Lipinski definition) is 4. The van der Waals surface area contributed by atoms with Crippen LogP contribution in [-0.2, 0) is 6.54 Å². The molecule has 0 radical (unpaired) electrons. The van der Waals surface area contributed by atoms with Gasteiger partial charge in [-0.05, 0) is 31.0 Å². The van der Waals surface area contributed by atoms with E-state index in [9.17, 15) is 9.18 Å². The molecule has 1 aromatic carbocycles. The molecule has 0 aliphatic carbocycles. The fraction of sp³-hybridized carbons (Fsp3) is 0.231. The first-order chi connectivity index (χ1) is 8.97. The van der Waals surface area contributed by atoms with E-state index in [0.717, 1.165) is 16.9 Å². The summed E-state index contributed by atoms with van der Waals surface area (Å²) >= 11 is 1.16. The van der Waals surface area contributed by atoms with Crippen molar-refractivity contribution in [2.45, 2.75) is 20.4 Å². The largest absolute Gasteiger partial charge is 0.375 e. The van der Waals surface area contributed by atoms with Gasteiger partial charge in [-0.3, -0.25) is 4.79 Å². The molecule has 1 amide bonds. The van der Waals surface area contributed by atoms with Crippen molar-refractivity contribution in [3.05, 3.63) is 45.7 Å². The first-order valence-corrected chi connectivity index (χ1v) is 6.55. The maximum Gasteiger partial charge on any atom is 0.263 e. The van der Waals surface area contributed by atoms with E-state index in [4.69, 9.17) is 5.73 Å². The number of carbonyl (C=O) groups excluding carboxylic acids is 1. The zero-order valence-corrected chi connectivity index (χ0v) is 11.5. The number of aryl methyl sites for hydroxylation is 2. The normalized spacial score (nSPS) is 10.5. The number of thiazole rings is 1. The fourth-order valence-corrected chi connectivity index (χ4v) is 2.46. The van der Waals surface area contributed by atoms with Crippen LogP contribution >= 0.6 is 11.3 Å². The first-order valence-electron chi connectivity index (χ1n) is 5.73. The van der Waals surface area contributed by atoms with Gasteiger partial charge in [0.2, 0.25) is 0 Å². The molecule has 100 valence electrons. The number of anilines is 1. The third kappa shape index (κ3) is 3.08. The number of benzene rings is 1. The molecule has 1 aromatic heterocycles. The molecule has 19 heavy (non-hydrogen) atoms. The Kier molecular flexibility index (Phi) is 3.80. The minimum Gasteiger partial charge on any atom is -0.375 e. The summed E-state index contributed by atoms with van der Waals surface area (Å²) in [5, 5.41) is 3.14. The zero-order valence-electron chi connectivity index (χ0n) is 10.7. The molecule has 6 heteroatoms. The van der Waals surface area contributed by atoms with E-state index in [1.54, 1.807) is 26.0 Å². The number of nitrogens with one attached hydrogen (secondary N) is 1. The van der Waals surface area contributed by atoms with Gasteiger partial charge in [0.05, 0.1) is 5.69 Å². The average molecular weight is 279 g/mol. The Balaban J connectivity index is 2.04. The van der Waals surface area contributed by atoms with Crippen molar-refractivity contribution < 1.29 is 9.18 Å². The van der Waals surface area contributed by atoms with Crippen LogP contribution in [0.4, 0.5) is 9.52 Å². The summed E-state index contributed by atoms with van der Waals surface area (Å²) in [7, 11) is 0. The average Bonchev–Trinajstić information content (AvgIpc) is 2.70. The summed E-state index contributed by atoms with van der Waals surface area (Å²) in [6.45, 7) is 3.77. The van der Waals surface area contributed by atoms with Crippen LogP contribution in [0.2, 0.25) is 0 Å². The second-order valence-electron chi connectivity index (χ2n) is 4.23. The van der Waals surface area contributed by atoms with Gasteiger partial charge < -0.3 is 11.1 Å². The standard InChI is InChI=1S/C13H14FN3OS/c1-7-5-9(3-4-10(7)14)6-16-12(18)11-8(2)17-13(15)19-11/h3-5H,6H2,1-2H3,(H2,15,17)(H,16,18). The summed E-state index contributed by atoms with van der Waals surface area (Å²) in [4.78, 5) is 16.4. The van der Waals surface area contributed by atoms with Crippen LogP contribution in [0.5, 0.6) is 0 Å². The highest BCUT2D eigenvalue weighted by Gasteiger charge is 2.13. The number of halogens is 1. The Hall–Kier alpha value is -1.95. The third-order valence-electron chi connectivity index (χ3n) is 2.69. The monoisotopic (exact) mass is 279 g/mol. The number of aromatic nitrogens is 1. The molecule has 0 spiro atoms. The quantitative estimate of drug-likeness (QED) is 0.906. The number of nitrogens with zero attached hydrogens (tertiary/aromatic N) is 1. The fourth-order valence-electron chi connectivity index (χ4n) is 1.71. The van der Waals surface area contributed by atoms with E-state index in [1.165, 1.54) is 6.07 Å². The van der Waals surface area contributed by atoms with Crippen molar-refractivity contribution in [1.82, 2.24) is 10.3 Å². The van der Waals surface area contributed by atoms with Gasteiger partial charge in [-0.15, -0.1) is 0 Å². The number of nitrogens with two attached hydrogens (primary N) is 1. The van der Waals surface area contributed by atoms with Gasteiger partial charge >= 0.3 is 0 Å². The molecule has 0 bridgehead atoms. The first kappa shape index (κ1) is 13.5. The van der Waals surface area contributed by atoms with Crippen LogP contribution in [0.15, 0.2) is 18.2 Å². The summed E-state index contributed by atoms with van der Waals surface area (Å²) in [5.74, 6) is -0.463. The second-order valence-corrected chi connectivity index (χ2v) is 5.26. The van der Waals surface area contributed by atoms with Gasteiger partial charge in [0.1, 0.15) is 10.7 Å². The lowest BCUT2D eigenvalue weighted by Gasteiger charge is -2.05. The number of amides is 1. The minimum atomic E-state index is -0.249. The van der Waals surface area contributed by atoms with Gasteiger partial charge in [-0.2, -0.15) is 0 Å². The molecule has 0 unspecified atom stereocenters. The van der Waals surface area contributed by atoms with E-state index in [2.05, 4.69) is 10.3 Å². The summed E-state index contributed by atoms with van der Waals surface area (Å²) in [6.07, 6.45) is 0. The predicted octanol–water partition coefficient (Wildman–Crippen LogP) is 2.41. The molecule has 0 saturated carbocycles. The summed E-state index contributed by atoms with van der Waals surface area (Å²) < 4.78 is 13.1. The predicted molar refractivity (Wildman–Crippen MR) is 73.6 cm³/mol. The topological polar surface area (TPSA) is 68.0 Å². The number of nitrogen functional groups attached to an aromatic ring is 1. The smallest absolute Gasteiger partial charge is 0.263 e. The zero-order chi connectivity index (χ0) is 14.0. The maximum absolute atomic E-state index is 13.1. The molecule has 4 nitrogen and oxygen atoms in total. The maximum atomic E-state index is 13.1. The van der Waals surface area contributed by atoms with Gasteiger partial charge in [-0.25, -0.2) is 9.37 Å². The van der Waals surface area contributed by atoms with E-state index >= 15 is 0 Å². The second kappa shape index (κ2) is 5.36. The molecule has 0 saturated heterocycles. The summed E-state index contributed by atoms with van der Waals surface area (Å²) in [6, 6.07) is 4.76. The van der Waals surface area contributed by atoms with Crippen molar-refractivity contribution in [3.8, 4) is 0 Å². The van der Waals surface area contributed by atoms with Gasteiger partial charge in [0, 0.05) is 6.54 Å². The van der Waals surface area contributed by atoms with E-state index < -0.39 is 0 Å². The van der Waals surface area contributed by atoms with Crippen molar-refractivity contribution in [1.29, 1.82) is 0 Å². The molecule has 2 aromatic rings. The molecule has 1 heterocycles. The number of rotatable bonds is 3. The molecule has 0 aliphatic rings. The van der Waals surface area contributed by atoms with Crippen molar-refractivity contribution >= 4 is 22.4 Å². The molecule has 0 aliphatic heterocycles. The van der Waals surface area contributed by atoms with Gasteiger partial charge in [0.25, 0.3) is 5.91 Å². The molecular weight excluding hydrogens is 265 g/mol. The SMILES string of the molecule is Cc1cc(CNC(=O)c2sc(N)nc2C)ccc1F. The van der Waals surface area contributed by atoms with Gasteiger partial charge in [-0.1, -0.05) is 23.5 Å². The highest BCUT2D eigenvalue weighted by atomic mass is 32.1. The highest BCUT2D eigenvalue weighted by molar-refractivity contribution is 7.17. The Bertz CT molecular complexity index is 624. The lowest BCUT2D eigenvalue weighted by Crippen LogP contribution is -2.22. The Morgan fingerprint density at radius 3 is 2.79 bits per heavy atom. The van der Waals surface area contributed by atoms with Crippen molar-refractivity contribution in [2.75, 3.05) is 5.73 Å². The Morgan fingerprint density at radius 2 is 2.21 bits per heavy atom. The molecule has 3 N–H and O–H groups in total. The van der Waals surface area contributed by atoms with Crippen LogP contribution in [0.25, 0.3) is 0 Å². The van der Waals surface area contributed by atoms with Crippen molar-refractivity contribution in [3.63, 3.8) is 0 Å². The molecule has 0 fully saturated rings. The minimum absolute atomic E-state index is 0.214. The molecule has 2 rings (SSSR count). The van der Waals surface area contributed by atoms with Crippen LogP contribution < -0.4 is 11.1 Å². The Morgan fingerprint density at radius 1 is 1.47 bits per heavy atom. The van der Waals surface area contributed by atoms with E-state index in [-0.39, 0.29) is 11.7 Å². The number of hydrogen-bond donors (Lipinski definition) is 2. The third-order valence-corrected chi connectivity index (χ3v) is 3.68. The molecule has 0 atom stereocenters. The molecular formula is C13H14FN3OS. The van der Waals surface area contributed by atoms with E-state index in [0.29, 0.717) is 27.8 Å². The Labute approximate surface area is 114 Å². The highest BCUT2D eigenvalue weighted by Crippen LogP contribution is 2.19. The van der Waals surface area contributed by atoms with Crippen molar-refractivity contribution in [2.24, 2.45) is 0 Å². The van der Waals surface area contributed by atoms with Crippen LogP contribution in [0.3, 0.4) is 0 Å².